The van der Waals surface area contributed by atoms with E-state index in [2.05, 4.69) is 5.32 Å². The molecule has 2 heterocycles. The second-order valence-electron chi connectivity index (χ2n) is 5.97. The quantitative estimate of drug-likeness (QED) is 0.944. The maximum Gasteiger partial charge on any atom is 0.227 e. The molecular weight excluding hydrogens is 292 g/mol. The lowest BCUT2D eigenvalue weighted by Gasteiger charge is -2.18. The van der Waals surface area contributed by atoms with E-state index in [1.165, 1.54) is 5.56 Å². The molecular formula is C18H20N2O3. The van der Waals surface area contributed by atoms with Crippen molar-refractivity contribution in [2.24, 2.45) is 5.92 Å². The molecule has 3 rings (SSSR count). The highest BCUT2D eigenvalue weighted by Crippen LogP contribution is 2.27. The summed E-state index contributed by atoms with van der Waals surface area (Å²) >= 11 is 0. The molecule has 1 aromatic carbocycles. The number of furan rings is 1. The van der Waals surface area contributed by atoms with Crippen LogP contribution in [0.4, 0.5) is 5.69 Å². The summed E-state index contributed by atoms with van der Waals surface area (Å²) in [4.78, 5) is 26.2. The molecule has 0 unspecified atom stereocenters. The number of amides is 2. The van der Waals surface area contributed by atoms with Crippen LogP contribution in [0.15, 0.2) is 41.0 Å². The molecule has 1 aliphatic heterocycles. The highest BCUT2D eigenvalue weighted by molar-refractivity contribution is 6.00. The number of carbonyl (C=O) groups excluding carboxylic acids is 2. The fourth-order valence-corrected chi connectivity index (χ4v) is 2.76. The zero-order valence-corrected chi connectivity index (χ0v) is 13.3. The van der Waals surface area contributed by atoms with E-state index in [0.717, 1.165) is 11.3 Å². The van der Waals surface area contributed by atoms with Gasteiger partial charge in [0.2, 0.25) is 11.8 Å². The molecule has 2 aromatic rings. The molecule has 0 spiro atoms. The van der Waals surface area contributed by atoms with Crippen molar-refractivity contribution in [3.05, 3.63) is 53.5 Å². The van der Waals surface area contributed by atoms with E-state index in [4.69, 9.17) is 4.42 Å². The van der Waals surface area contributed by atoms with Crippen LogP contribution in [0.2, 0.25) is 0 Å². The Morgan fingerprint density at radius 1 is 1.30 bits per heavy atom. The monoisotopic (exact) mass is 312 g/mol. The zero-order valence-electron chi connectivity index (χ0n) is 13.3. The van der Waals surface area contributed by atoms with Gasteiger partial charge in [-0.15, -0.1) is 0 Å². The second-order valence-corrected chi connectivity index (χ2v) is 5.97. The van der Waals surface area contributed by atoms with Gasteiger partial charge in [0.1, 0.15) is 5.76 Å². The summed E-state index contributed by atoms with van der Waals surface area (Å²) in [6, 6.07) is 9.52. The SMILES string of the molecule is Cc1ccc(N2C[C@H](C(=O)NCc3ccco3)CC2=O)cc1C. The highest BCUT2D eigenvalue weighted by atomic mass is 16.3. The molecule has 1 aromatic heterocycles. The standard InChI is InChI=1S/C18H20N2O3/c1-12-5-6-15(8-13(12)2)20-11-14(9-17(20)21)18(22)19-10-16-4-3-7-23-16/h3-8,14H,9-11H2,1-2H3,(H,19,22)/t14-/m1/s1. The van der Waals surface area contributed by atoms with E-state index in [1.54, 1.807) is 17.2 Å². The van der Waals surface area contributed by atoms with E-state index < -0.39 is 0 Å². The number of hydrogen-bond donors (Lipinski definition) is 1. The van der Waals surface area contributed by atoms with E-state index in [9.17, 15) is 9.59 Å². The summed E-state index contributed by atoms with van der Waals surface area (Å²) in [7, 11) is 0. The number of anilines is 1. The minimum Gasteiger partial charge on any atom is -0.467 e. The van der Waals surface area contributed by atoms with Crippen molar-refractivity contribution < 1.29 is 14.0 Å². The lowest BCUT2D eigenvalue weighted by Crippen LogP contribution is -2.32. The number of rotatable bonds is 4. The molecule has 5 heteroatoms. The van der Waals surface area contributed by atoms with Gasteiger partial charge in [-0.25, -0.2) is 0 Å². The molecule has 2 amide bonds. The normalized spacial score (nSPS) is 17.6. The van der Waals surface area contributed by atoms with Crippen molar-refractivity contribution in [3.8, 4) is 0 Å². The third-order valence-corrected chi connectivity index (χ3v) is 4.31. The van der Waals surface area contributed by atoms with Crippen molar-refractivity contribution in [1.29, 1.82) is 0 Å². The molecule has 1 N–H and O–H groups in total. The minimum absolute atomic E-state index is 0.00796. The third-order valence-electron chi connectivity index (χ3n) is 4.31. The summed E-state index contributed by atoms with van der Waals surface area (Å²) in [5, 5.41) is 2.83. The van der Waals surface area contributed by atoms with Crippen LogP contribution in [0.25, 0.3) is 0 Å². The molecule has 120 valence electrons. The van der Waals surface area contributed by atoms with Gasteiger partial charge in [-0.05, 0) is 49.2 Å². The zero-order chi connectivity index (χ0) is 16.4. The predicted octanol–water partition coefficient (Wildman–Crippen LogP) is 2.57. The Bertz CT molecular complexity index is 722. The average molecular weight is 312 g/mol. The molecule has 1 atom stereocenters. The lowest BCUT2D eigenvalue weighted by atomic mass is 10.1. The Balaban J connectivity index is 1.64. The van der Waals surface area contributed by atoms with Gasteiger partial charge < -0.3 is 14.6 Å². The Morgan fingerprint density at radius 3 is 2.83 bits per heavy atom. The Morgan fingerprint density at radius 2 is 2.13 bits per heavy atom. The largest absolute Gasteiger partial charge is 0.467 e. The number of aryl methyl sites for hydroxylation is 2. The first-order valence-electron chi connectivity index (χ1n) is 7.72. The Kier molecular flexibility index (Phi) is 4.19. The number of benzene rings is 1. The number of carbonyl (C=O) groups is 2. The minimum atomic E-state index is -0.320. The van der Waals surface area contributed by atoms with Crippen molar-refractivity contribution in [1.82, 2.24) is 5.32 Å². The predicted molar refractivity (Wildman–Crippen MR) is 86.9 cm³/mol. The van der Waals surface area contributed by atoms with Crippen LogP contribution >= 0.6 is 0 Å². The van der Waals surface area contributed by atoms with Crippen LogP contribution in [-0.2, 0) is 16.1 Å². The van der Waals surface area contributed by atoms with Crippen LogP contribution in [0.5, 0.6) is 0 Å². The molecule has 0 saturated carbocycles. The third kappa shape index (κ3) is 3.28. The molecule has 1 saturated heterocycles. The summed E-state index contributed by atoms with van der Waals surface area (Å²) in [5.74, 6) is 0.264. The number of hydrogen-bond acceptors (Lipinski definition) is 3. The fraction of sp³-hybridized carbons (Fsp3) is 0.333. The fourth-order valence-electron chi connectivity index (χ4n) is 2.76. The van der Waals surface area contributed by atoms with E-state index >= 15 is 0 Å². The smallest absolute Gasteiger partial charge is 0.227 e. The van der Waals surface area contributed by atoms with Gasteiger partial charge in [-0.3, -0.25) is 9.59 Å². The Labute approximate surface area is 135 Å². The number of nitrogens with one attached hydrogen (secondary N) is 1. The molecule has 0 bridgehead atoms. The van der Waals surface area contributed by atoms with Gasteiger partial charge in [0.05, 0.1) is 18.7 Å². The van der Waals surface area contributed by atoms with Crippen molar-refractivity contribution in [2.45, 2.75) is 26.8 Å². The summed E-state index contributed by atoms with van der Waals surface area (Å²) in [6.45, 7) is 4.83. The van der Waals surface area contributed by atoms with Gasteiger partial charge >= 0.3 is 0 Å². The summed E-state index contributed by atoms with van der Waals surface area (Å²) < 4.78 is 5.19. The summed E-state index contributed by atoms with van der Waals surface area (Å²) in [6.07, 6.45) is 1.82. The van der Waals surface area contributed by atoms with Crippen molar-refractivity contribution in [2.75, 3.05) is 11.4 Å². The molecule has 0 aliphatic carbocycles. The van der Waals surface area contributed by atoms with E-state index in [-0.39, 0.29) is 24.2 Å². The van der Waals surface area contributed by atoms with Crippen LogP contribution in [0, 0.1) is 19.8 Å². The molecule has 5 nitrogen and oxygen atoms in total. The highest BCUT2D eigenvalue weighted by Gasteiger charge is 2.35. The van der Waals surface area contributed by atoms with Crippen molar-refractivity contribution in [3.63, 3.8) is 0 Å². The number of nitrogens with zero attached hydrogens (tertiary/aromatic N) is 1. The van der Waals surface area contributed by atoms with Gasteiger partial charge in [0, 0.05) is 18.7 Å². The topological polar surface area (TPSA) is 62.6 Å². The molecule has 0 radical (unpaired) electrons. The second kappa shape index (κ2) is 6.28. The Hall–Kier alpha value is -2.56. The average Bonchev–Trinajstić information content (AvgIpc) is 3.17. The maximum absolute atomic E-state index is 12.3. The lowest BCUT2D eigenvalue weighted by molar-refractivity contribution is -0.126. The molecule has 1 fully saturated rings. The first-order chi connectivity index (χ1) is 11.0. The van der Waals surface area contributed by atoms with Gasteiger partial charge in [0.15, 0.2) is 0 Å². The van der Waals surface area contributed by atoms with Crippen LogP contribution in [0.1, 0.15) is 23.3 Å². The van der Waals surface area contributed by atoms with Crippen LogP contribution < -0.4 is 10.2 Å². The first-order valence-corrected chi connectivity index (χ1v) is 7.72. The maximum atomic E-state index is 12.3. The van der Waals surface area contributed by atoms with E-state index in [0.29, 0.717) is 18.8 Å². The molecule has 1 aliphatic rings. The van der Waals surface area contributed by atoms with Gasteiger partial charge in [-0.1, -0.05) is 6.07 Å². The van der Waals surface area contributed by atoms with Crippen LogP contribution in [0.3, 0.4) is 0 Å². The molecule has 23 heavy (non-hydrogen) atoms. The van der Waals surface area contributed by atoms with Crippen molar-refractivity contribution >= 4 is 17.5 Å². The first kappa shape index (κ1) is 15.3. The van der Waals surface area contributed by atoms with E-state index in [1.807, 2.05) is 38.1 Å². The van der Waals surface area contributed by atoms with Gasteiger partial charge in [0.25, 0.3) is 0 Å². The van der Waals surface area contributed by atoms with Crippen LogP contribution in [-0.4, -0.2) is 18.4 Å². The summed E-state index contributed by atoms with van der Waals surface area (Å²) in [5.41, 5.74) is 3.19. The van der Waals surface area contributed by atoms with Gasteiger partial charge in [-0.2, -0.15) is 0 Å².